The van der Waals surface area contributed by atoms with Crippen LogP contribution in [-0.2, 0) is 4.79 Å². The van der Waals surface area contributed by atoms with Crippen LogP contribution in [0.25, 0.3) is 0 Å². The zero-order valence-corrected chi connectivity index (χ0v) is 11.8. The molecule has 1 unspecified atom stereocenters. The number of alkyl halides is 1. The fraction of sp³-hybridized carbons (Fsp3) is 0.364. The first-order valence-electron chi connectivity index (χ1n) is 5.73. The van der Waals surface area contributed by atoms with E-state index in [0.29, 0.717) is 5.33 Å². The molecule has 0 radical (unpaired) electrons. The van der Waals surface area contributed by atoms with E-state index in [2.05, 4.69) is 15.9 Å². The van der Waals surface area contributed by atoms with Crippen LogP contribution in [0, 0.1) is 26.1 Å². The molecule has 9 heteroatoms. The SMILES string of the molecule is O=C1CC(CBr)CN1c1c([N+](=O)[O-])cccc1[N+](=O)[O-]. The van der Waals surface area contributed by atoms with E-state index < -0.39 is 21.2 Å². The molecular formula is C11H10BrN3O5. The van der Waals surface area contributed by atoms with Gasteiger partial charge in [0.15, 0.2) is 0 Å². The van der Waals surface area contributed by atoms with Crippen molar-refractivity contribution in [2.45, 2.75) is 6.42 Å². The number of para-hydroxylation sites is 1. The lowest BCUT2D eigenvalue weighted by Gasteiger charge is -2.16. The second kappa shape index (κ2) is 5.53. The Kier molecular flexibility index (Phi) is 3.98. The zero-order valence-electron chi connectivity index (χ0n) is 10.2. The Hall–Kier alpha value is -2.03. The number of carbonyl (C=O) groups excluding carboxylic acids is 1. The molecule has 0 spiro atoms. The van der Waals surface area contributed by atoms with Crippen molar-refractivity contribution in [2.24, 2.45) is 5.92 Å². The number of anilines is 1. The molecule has 1 aliphatic heterocycles. The highest BCUT2D eigenvalue weighted by Gasteiger charge is 2.38. The maximum Gasteiger partial charge on any atom is 0.300 e. The fourth-order valence-electron chi connectivity index (χ4n) is 2.19. The first-order valence-corrected chi connectivity index (χ1v) is 6.86. The van der Waals surface area contributed by atoms with Gasteiger partial charge in [0.1, 0.15) is 0 Å². The van der Waals surface area contributed by atoms with Gasteiger partial charge in [-0.05, 0) is 12.0 Å². The predicted molar refractivity (Wildman–Crippen MR) is 74.0 cm³/mol. The van der Waals surface area contributed by atoms with Crippen LogP contribution in [0.3, 0.4) is 0 Å². The lowest BCUT2D eigenvalue weighted by Crippen LogP contribution is -2.26. The third-order valence-electron chi connectivity index (χ3n) is 3.08. The summed E-state index contributed by atoms with van der Waals surface area (Å²) in [5, 5.41) is 22.7. The van der Waals surface area contributed by atoms with Crippen molar-refractivity contribution in [3.8, 4) is 0 Å². The summed E-state index contributed by atoms with van der Waals surface area (Å²) in [6, 6.07) is 3.57. The fourth-order valence-corrected chi connectivity index (χ4v) is 2.63. The number of rotatable bonds is 4. The van der Waals surface area contributed by atoms with E-state index in [-0.39, 0.29) is 30.5 Å². The van der Waals surface area contributed by atoms with Crippen molar-refractivity contribution < 1.29 is 14.6 Å². The Morgan fingerprint density at radius 1 is 1.25 bits per heavy atom. The van der Waals surface area contributed by atoms with Crippen molar-refractivity contribution in [1.82, 2.24) is 0 Å². The average molecular weight is 344 g/mol. The highest BCUT2D eigenvalue weighted by Crippen LogP contribution is 2.40. The van der Waals surface area contributed by atoms with Gasteiger partial charge in [0.2, 0.25) is 11.6 Å². The van der Waals surface area contributed by atoms with Crippen LogP contribution in [0.4, 0.5) is 17.1 Å². The summed E-state index contributed by atoms with van der Waals surface area (Å²) in [7, 11) is 0. The van der Waals surface area contributed by atoms with Crippen LogP contribution in [0.1, 0.15) is 6.42 Å². The van der Waals surface area contributed by atoms with E-state index in [0.717, 1.165) is 17.0 Å². The van der Waals surface area contributed by atoms with Gasteiger partial charge in [-0.25, -0.2) is 0 Å². The third-order valence-corrected chi connectivity index (χ3v) is 4.00. The van der Waals surface area contributed by atoms with E-state index in [1.54, 1.807) is 0 Å². The lowest BCUT2D eigenvalue weighted by molar-refractivity contribution is -0.392. The molecule has 0 aromatic heterocycles. The topological polar surface area (TPSA) is 107 Å². The molecule has 1 aromatic rings. The number of amides is 1. The maximum absolute atomic E-state index is 12.0. The Morgan fingerprint density at radius 2 is 1.80 bits per heavy atom. The maximum atomic E-state index is 12.0. The van der Waals surface area contributed by atoms with Gasteiger partial charge < -0.3 is 4.90 Å². The number of halogens is 1. The van der Waals surface area contributed by atoms with E-state index in [1.807, 2.05) is 0 Å². The van der Waals surface area contributed by atoms with E-state index in [4.69, 9.17) is 0 Å². The second-order valence-corrected chi connectivity index (χ2v) is 5.04. The lowest BCUT2D eigenvalue weighted by atomic mass is 10.1. The first kappa shape index (κ1) is 14.4. The summed E-state index contributed by atoms with van der Waals surface area (Å²) in [5.74, 6) is -0.353. The Morgan fingerprint density at radius 3 is 2.20 bits per heavy atom. The smallest absolute Gasteiger partial charge is 0.300 e. The average Bonchev–Trinajstić information content (AvgIpc) is 2.78. The molecule has 1 fully saturated rings. The zero-order chi connectivity index (χ0) is 14.9. The molecule has 20 heavy (non-hydrogen) atoms. The molecule has 0 aliphatic carbocycles. The molecule has 8 nitrogen and oxygen atoms in total. The van der Waals surface area contributed by atoms with Crippen LogP contribution in [0.5, 0.6) is 0 Å². The molecule has 1 aromatic carbocycles. The normalized spacial score (nSPS) is 18.4. The van der Waals surface area contributed by atoms with Crippen molar-refractivity contribution in [3.63, 3.8) is 0 Å². The summed E-state index contributed by atoms with van der Waals surface area (Å²) in [5.41, 5.74) is -1.08. The summed E-state index contributed by atoms with van der Waals surface area (Å²) in [6.07, 6.45) is 0.217. The largest absolute Gasteiger partial charge is 0.300 e. The summed E-state index contributed by atoms with van der Waals surface area (Å²) >= 11 is 3.25. The summed E-state index contributed by atoms with van der Waals surface area (Å²) in [4.78, 5) is 33.8. The molecule has 1 heterocycles. The highest BCUT2D eigenvalue weighted by molar-refractivity contribution is 9.09. The highest BCUT2D eigenvalue weighted by atomic mass is 79.9. The van der Waals surface area contributed by atoms with Crippen LogP contribution in [0.15, 0.2) is 18.2 Å². The van der Waals surface area contributed by atoms with Gasteiger partial charge in [-0.3, -0.25) is 25.0 Å². The third kappa shape index (κ3) is 2.48. The number of hydrogen-bond acceptors (Lipinski definition) is 5. The van der Waals surface area contributed by atoms with Crippen LogP contribution < -0.4 is 4.90 Å². The number of nitro groups is 2. The molecule has 0 N–H and O–H groups in total. The molecule has 0 saturated carbocycles. The summed E-state index contributed by atoms with van der Waals surface area (Å²) < 4.78 is 0. The van der Waals surface area contributed by atoms with Crippen LogP contribution >= 0.6 is 15.9 Å². The Labute approximate surface area is 121 Å². The van der Waals surface area contributed by atoms with E-state index in [1.165, 1.54) is 6.07 Å². The number of nitrogens with zero attached hydrogens (tertiary/aromatic N) is 3. The van der Waals surface area contributed by atoms with Crippen LogP contribution in [-0.4, -0.2) is 27.6 Å². The minimum Gasteiger partial charge on any atom is -0.300 e. The van der Waals surface area contributed by atoms with Gasteiger partial charge in [0, 0.05) is 30.4 Å². The number of benzene rings is 1. The van der Waals surface area contributed by atoms with Gasteiger partial charge in [-0.1, -0.05) is 15.9 Å². The molecule has 2 rings (SSSR count). The Balaban J connectivity index is 2.56. The van der Waals surface area contributed by atoms with Gasteiger partial charge in [0.25, 0.3) is 11.4 Å². The Bertz CT molecular complexity index is 559. The number of carbonyl (C=O) groups is 1. The molecule has 106 valence electrons. The van der Waals surface area contributed by atoms with Gasteiger partial charge in [0.05, 0.1) is 9.85 Å². The van der Waals surface area contributed by atoms with Crippen LogP contribution in [0.2, 0.25) is 0 Å². The molecule has 0 bridgehead atoms. The minimum atomic E-state index is -0.711. The van der Waals surface area contributed by atoms with E-state index in [9.17, 15) is 25.0 Å². The second-order valence-electron chi connectivity index (χ2n) is 4.39. The quantitative estimate of drug-likeness (QED) is 0.473. The molecule has 1 amide bonds. The molecule has 1 aliphatic rings. The summed E-state index contributed by atoms with van der Waals surface area (Å²) in [6.45, 7) is 0.232. The van der Waals surface area contributed by atoms with Crippen molar-refractivity contribution in [3.05, 3.63) is 38.4 Å². The van der Waals surface area contributed by atoms with Crippen molar-refractivity contribution in [1.29, 1.82) is 0 Å². The molecular weight excluding hydrogens is 334 g/mol. The van der Waals surface area contributed by atoms with Crippen molar-refractivity contribution >= 4 is 38.9 Å². The standard InChI is InChI=1S/C11H10BrN3O5/c12-5-7-4-10(16)13(6-7)11-8(14(17)18)2-1-3-9(11)15(19)20/h1-3,7H,4-6H2. The van der Waals surface area contributed by atoms with E-state index >= 15 is 0 Å². The first-order chi connectivity index (χ1) is 9.45. The molecule has 1 saturated heterocycles. The van der Waals surface area contributed by atoms with Gasteiger partial charge in [-0.2, -0.15) is 0 Å². The van der Waals surface area contributed by atoms with Gasteiger partial charge in [-0.15, -0.1) is 0 Å². The predicted octanol–water partition coefficient (Wildman–Crippen LogP) is 2.25. The van der Waals surface area contributed by atoms with Crippen molar-refractivity contribution in [2.75, 3.05) is 16.8 Å². The minimum absolute atomic E-state index is 0.0121. The number of hydrogen-bond donors (Lipinski definition) is 0. The number of nitro benzene ring substituents is 2. The monoisotopic (exact) mass is 343 g/mol. The molecule has 1 atom stereocenters. The van der Waals surface area contributed by atoms with Gasteiger partial charge >= 0.3 is 0 Å².